The average Bonchev–Trinajstić information content (AvgIpc) is 2.26. The fourth-order valence-electron chi connectivity index (χ4n) is 1.51. The molecule has 0 fully saturated rings. The Kier molecular flexibility index (Phi) is 4.18. The summed E-state index contributed by atoms with van der Waals surface area (Å²) in [5.74, 6) is 0. The highest BCUT2D eigenvalue weighted by Crippen LogP contribution is 2.17. The van der Waals surface area contributed by atoms with E-state index in [2.05, 4.69) is 56.3 Å². The van der Waals surface area contributed by atoms with E-state index in [0.717, 1.165) is 6.42 Å². The van der Waals surface area contributed by atoms with E-state index in [1.807, 2.05) is 6.92 Å². The third-order valence-corrected chi connectivity index (χ3v) is 2.33. The van der Waals surface area contributed by atoms with E-state index in [1.165, 1.54) is 16.7 Å². The topological polar surface area (TPSA) is 0 Å². The molecule has 0 heterocycles. The molecule has 0 spiro atoms. The van der Waals surface area contributed by atoms with Crippen molar-refractivity contribution in [1.29, 1.82) is 0 Å². The van der Waals surface area contributed by atoms with Crippen LogP contribution in [0.2, 0.25) is 0 Å². The Hall–Kier alpha value is -1.30. The van der Waals surface area contributed by atoms with Gasteiger partial charge in [-0.3, -0.25) is 0 Å². The third kappa shape index (κ3) is 2.59. The Morgan fingerprint density at radius 2 is 2.07 bits per heavy atom. The molecule has 1 rings (SSSR count). The largest absolute Gasteiger partial charge is 0.0871 e. The molecule has 0 saturated heterocycles. The molecule has 0 bridgehead atoms. The van der Waals surface area contributed by atoms with E-state index in [1.54, 1.807) is 0 Å². The fourth-order valence-corrected chi connectivity index (χ4v) is 1.51. The lowest BCUT2D eigenvalue weighted by Gasteiger charge is -2.04. The van der Waals surface area contributed by atoms with E-state index >= 15 is 0 Å². The zero-order valence-corrected chi connectivity index (χ0v) is 9.25. The van der Waals surface area contributed by atoms with Gasteiger partial charge >= 0.3 is 0 Å². The predicted molar refractivity (Wildman–Crippen MR) is 64.3 cm³/mol. The van der Waals surface area contributed by atoms with Gasteiger partial charge in [-0.1, -0.05) is 49.4 Å². The summed E-state index contributed by atoms with van der Waals surface area (Å²) in [6.07, 6.45) is 7.47. The maximum absolute atomic E-state index is 2.26. The molecule has 0 unspecified atom stereocenters. The maximum atomic E-state index is 2.26. The maximum Gasteiger partial charge on any atom is -0.0185 e. The molecule has 0 amide bonds. The first-order valence-electron chi connectivity index (χ1n) is 5.20. The van der Waals surface area contributed by atoms with E-state index in [4.69, 9.17) is 0 Å². The lowest BCUT2D eigenvalue weighted by molar-refractivity contribution is 1.14. The zero-order valence-electron chi connectivity index (χ0n) is 9.25. The summed E-state index contributed by atoms with van der Waals surface area (Å²) in [6, 6.07) is 8.72. The van der Waals surface area contributed by atoms with E-state index in [9.17, 15) is 0 Å². The van der Waals surface area contributed by atoms with Crippen LogP contribution in [0.1, 0.15) is 31.9 Å². The molecule has 0 N–H and O–H groups in total. The van der Waals surface area contributed by atoms with E-state index < -0.39 is 0 Å². The molecule has 0 radical (unpaired) electrons. The number of aryl methyl sites for hydroxylation is 1. The number of allylic oxidation sites excluding steroid dienone is 4. The van der Waals surface area contributed by atoms with Gasteiger partial charge in [0, 0.05) is 0 Å². The SMILES string of the molecule is C/C=C\C(=C/C)c1cccc(CC)c1. The Bertz CT molecular complexity index is 343. The van der Waals surface area contributed by atoms with Gasteiger partial charge in [0.05, 0.1) is 0 Å². The normalized spacial score (nSPS) is 12.4. The molecule has 0 aliphatic rings. The van der Waals surface area contributed by atoms with Gasteiger partial charge in [-0.2, -0.15) is 0 Å². The van der Waals surface area contributed by atoms with Crippen LogP contribution >= 0.6 is 0 Å². The number of hydrogen-bond donors (Lipinski definition) is 0. The summed E-state index contributed by atoms with van der Waals surface area (Å²) < 4.78 is 0. The third-order valence-electron chi connectivity index (χ3n) is 2.33. The van der Waals surface area contributed by atoms with Crippen LogP contribution in [0.25, 0.3) is 5.57 Å². The van der Waals surface area contributed by atoms with Crippen LogP contribution in [-0.2, 0) is 6.42 Å². The summed E-state index contributed by atoms with van der Waals surface area (Å²) in [5, 5.41) is 0. The van der Waals surface area contributed by atoms with Crippen molar-refractivity contribution in [3.05, 3.63) is 53.6 Å². The molecule has 14 heavy (non-hydrogen) atoms. The zero-order chi connectivity index (χ0) is 10.4. The summed E-state index contributed by atoms with van der Waals surface area (Å²) in [4.78, 5) is 0. The molecule has 0 nitrogen and oxygen atoms in total. The summed E-state index contributed by atoms with van der Waals surface area (Å²) >= 11 is 0. The van der Waals surface area contributed by atoms with Crippen molar-refractivity contribution in [2.75, 3.05) is 0 Å². The Labute approximate surface area is 87.0 Å². The Morgan fingerprint density at radius 3 is 2.64 bits per heavy atom. The van der Waals surface area contributed by atoms with Gasteiger partial charge in [0.2, 0.25) is 0 Å². The number of hydrogen-bond acceptors (Lipinski definition) is 0. The summed E-state index contributed by atoms with van der Waals surface area (Å²) in [6.45, 7) is 6.31. The minimum Gasteiger partial charge on any atom is -0.0871 e. The van der Waals surface area contributed by atoms with E-state index in [-0.39, 0.29) is 0 Å². The van der Waals surface area contributed by atoms with Gasteiger partial charge < -0.3 is 0 Å². The quantitative estimate of drug-likeness (QED) is 0.620. The van der Waals surface area contributed by atoms with Crippen molar-refractivity contribution in [3.8, 4) is 0 Å². The first-order chi connectivity index (χ1) is 6.81. The van der Waals surface area contributed by atoms with Crippen LogP contribution in [0.4, 0.5) is 0 Å². The van der Waals surface area contributed by atoms with Crippen LogP contribution in [0, 0.1) is 0 Å². The predicted octanol–water partition coefficient (Wildman–Crippen LogP) is 4.23. The van der Waals surface area contributed by atoms with Crippen molar-refractivity contribution in [2.24, 2.45) is 0 Å². The lowest BCUT2D eigenvalue weighted by Crippen LogP contribution is -1.84. The standard InChI is InChI=1S/C14H18/c1-4-8-13(6-3)14-10-7-9-12(5-2)11-14/h4,6-11H,5H2,1-3H3/b8-4-,13-6+. The van der Waals surface area contributed by atoms with Gasteiger partial charge in [0.1, 0.15) is 0 Å². The fraction of sp³-hybridized carbons (Fsp3) is 0.286. The second kappa shape index (κ2) is 5.43. The van der Waals surface area contributed by atoms with E-state index in [0.29, 0.717) is 0 Å². The van der Waals surface area contributed by atoms with Crippen molar-refractivity contribution >= 4 is 5.57 Å². The molecular weight excluding hydrogens is 168 g/mol. The molecular formula is C14H18. The number of rotatable bonds is 3. The molecule has 1 aromatic carbocycles. The van der Waals surface area contributed by atoms with Gasteiger partial charge in [-0.15, -0.1) is 0 Å². The lowest BCUT2D eigenvalue weighted by atomic mass is 10.0. The molecule has 0 aliphatic carbocycles. The molecule has 0 saturated carbocycles. The molecule has 1 aromatic rings. The van der Waals surface area contributed by atoms with Crippen molar-refractivity contribution in [2.45, 2.75) is 27.2 Å². The van der Waals surface area contributed by atoms with Crippen LogP contribution in [0.15, 0.2) is 42.5 Å². The van der Waals surface area contributed by atoms with Gasteiger partial charge in [-0.25, -0.2) is 0 Å². The molecule has 0 atom stereocenters. The molecule has 0 aromatic heterocycles. The first-order valence-corrected chi connectivity index (χ1v) is 5.20. The summed E-state index contributed by atoms with van der Waals surface area (Å²) in [7, 11) is 0. The van der Waals surface area contributed by atoms with Gasteiger partial charge in [0.15, 0.2) is 0 Å². The van der Waals surface area contributed by atoms with Crippen LogP contribution < -0.4 is 0 Å². The van der Waals surface area contributed by atoms with Crippen molar-refractivity contribution in [3.63, 3.8) is 0 Å². The minimum absolute atomic E-state index is 1.10. The highest BCUT2D eigenvalue weighted by Gasteiger charge is 1.96. The monoisotopic (exact) mass is 186 g/mol. The second-order valence-corrected chi connectivity index (χ2v) is 3.30. The highest BCUT2D eigenvalue weighted by molar-refractivity contribution is 5.73. The average molecular weight is 186 g/mol. The van der Waals surface area contributed by atoms with Crippen LogP contribution in [0.3, 0.4) is 0 Å². The summed E-state index contributed by atoms with van der Waals surface area (Å²) in [5.41, 5.74) is 4.00. The highest BCUT2D eigenvalue weighted by atomic mass is 14.0. The molecule has 0 aliphatic heterocycles. The minimum atomic E-state index is 1.10. The molecule has 0 heteroatoms. The number of benzene rings is 1. The first kappa shape index (κ1) is 10.8. The van der Waals surface area contributed by atoms with Crippen LogP contribution in [-0.4, -0.2) is 0 Å². The van der Waals surface area contributed by atoms with Gasteiger partial charge in [0.25, 0.3) is 0 Å². The Balaban J connectivity index is 3.05. The van der Waals surface area contributed by atoms with Crippen molar-refractivity contribution in [1.82, 2.24) is 0 Å². The van der Waals surface area contributed by atoms with Crippen molar-refractivity contribution < 1.29 is 0 Å². The second-order valence-electron chi connectivity index (χ2n) is 3.30. The molecule has 74 valence electrons. The Morgan fingerprint density at radius 1 is 1.29 bits per heavy atom. The van der Waals surface area contributed by atoms with Gasteiger partial charge in [-0.05, 0) is 37.0 Å². The van der Waals surface area contributed by atoms with Crippen LogP contribution in [0.5, 0.6) is 0 Å². The smallest absolute Gasteiger partial charge is 0.0185 e.